The predicted octanol–water partition coefficient (Wildman–Crippen LogP) is 2.23. The van der Waals surface area contributed by atoms with Gasteiger partial charge in [-0.3, -0.25) is 15.3 Å². The monoisotopic (exact) mass is 215 g/mol. The molecule has 0 aliphatic heterocycles. The second-order valence-electron chi connectivity index (χ2n) is 3.04. The van der Waals surface area contributed by atoms with Gasteiger partial charge in [-0.1, -0.05) is 6.07 Å². The van der Waals surface area contributed by atoms with Gasteiger partial charge in [-0.2, -0.15) is 0 Å². The second kappa shape index (κ2) is 4.39. The summed E-state index contributed by atoms with van der Waals surface area (Å²) in [6, 6.07) is 8.69. The lowest BCUT2D eigenvalue weighted by Crippen LogP contribution is -2.09. The fraction of sp³-hybridized carbons (Fsp3) is 0. The molecule has 5 heteroatoms. The molecule has 2 N–H and O–H groups in total. The van der Waals surface area contributed by atoms with E-state index in [1.807, 2.05) is 6.07 Å². The second-order valence-corrected chi connectivity index (χ2v) is 3.04. The van der Waals surface area contributed by atoms with Crippen LogP contribution in [-0.4, -0.2) is 21.2 Å². The number of nitrogens with one attached hydrogen (secondary N) is 1. The van der Waals surface area contributed by atoms with Gasteiger partial charge in [0.15, 0.2) is 0 Å². The number of carbonyl (C=O) groups is 1. The molecule has 2 aromatic rings. The molecular formula is C11H9N3O2. The molecule has 2 heterocycles. The highest BCUT2D eigenvalue weighted by molar-refractivity contribution is 5.88. The van der Waals surface area contributed by atoms with E-state index in [-0.39, 0.29) is 0 Å². The van der Waals surface area contributed by atoms with Crippen LogP contribution in [0.5, 0.6) is 0 Å². The van der Waals surface area contributed by atoms with Crippen molar-refractivity contribution in [1.29, 1.82) is 0 Å². The Bertz CT molecular complexity index is 500. The number of carboxylic acid groups (broad SMARTS) is 1. The first-order valence-corrected chi connectivity index (χ1v) is 4.64. The Kier molecular flexibility index (Phi) is 2.77. The molecule has 0 atom stereocenters. The molecule has 1 amide bonds. The Morgan fingerprint density at radius 1 is 1.12 bits per heavy atom. The van der Waals surface area contributed by atoms with Crippen LogP contribution in [0.25, 0.3) is 11.4 Å². The van der Waals surface area contributed by atoms with Crippen LogP contribution in [-0.2, 0) is 0 Å². The van der Waals surface area contributed by atoms with Gasteiger partial charge in [0.1, 0.15) is 5.69 Å². The van der Waals surface area contributed by atoms with E-state index in [0.717, 1.165) is 0 Å². The Balaban J connectivity index is 2.44. The summed E-state index contributed by atoms with van der Waals surface area (Å²) in [6.45, 7) is 0. The van der Waals surface area contributed by atoms with Crippen LogP contribution in [0.2, 0.25) is 0 Å². The largest absolute Gasteiger partial charge is 0.465 e. The van der Waals surface area contributed by atoms with Crippen LogP contribution in [0.4, 0.5) is 10.5 Å². The SMILES string of the molecule is O=C(O)Nc1cccnc1-c1ccccn1. The first kappa shape index (κ1) is 10.1. The fourth-order valence-corrected chi connectivity index (χ4v) is 1.33. The summed E-state index contributed by atoms with van der Waals surface area (Å²) in [5.74, 6) is 0. The Morgan fingerprint density at radius 2 is 1.94 bits per heavy atom. The van der Waals surface area contributed by atoms with E-state index < -0.39 is 6.09 Å². The first-order chi connectivity index (χ1) is 7.77. The van der Waals surface area contributed by atoms with Crippen LogP contribution in [0.1, 0.15) is 0 Å². The number of pyridine rings is 2. The Hall–Kier alpha value is -2.43. The maximum absolute atomic E-state index is 10.6. The highest BCUT2D eigenvalue weighted by Gasteiger charge is 2.08. The maximum Gasteiger partial charge on any atom is 0.409 e. The van der Waals surface area contributed by atoms with Crippen molar-refractivity contribution in [2.75, 3.05) is 5.32 Å². The lowest BCUT2D eigenvalue weighted by Gasteiger charge is -2.06. The zero-order valence-corrected chi connectivity index (χ0v) is 8.29. The lowest BCUT2D eigenvalue weighted by molar-refractivity contribution is 0.210. The fourth-order valence-electron chi connectivity index (χ4n) is 1.33. The van der Waals surface area contributed by atoms with Gasteiger partial charge >= 0.3 is 6.09 Å². The number of nitrogens with zero attached hydrogens (tertiary/aromatic N) is 2. The highest BCUT2D eigenvalue weighted by Crippen LogP contribution is 2.22. The molecule has 0 spiro atoms. The van der Waals surface area contributed by atoms with Crippen molar-refractivity contribution in [2.24, 2.45) is 0 Å². The van der Waals surface area contributed by atoms with Crippen LogP contribution in [0, 0.1) is 0 Å². The molecule has 0 saturated heterocycles. The van der Waals surface area contributed by atoms with Gasteiger partial charge in [0.2, 0.25) is 0 Å². The third kappa shape index (κ3) is 2.14. The van der Waals surface area contributed by atoms with E-state index >= 15 is 0 Å². The quantitative estimate of drug-likeness (QED) is 0.805. The zero-order valence-electron chi connectivity index (χ0n) is 8.29. The van der Waals surface area contributed by atoms with Crippen LogP contribution in [0.15, 0.2) is 42.7 Å². The average Bonchev–Trinajstić information content (AvgIpc) is 2.30. The summed E-state index contributed by atoms with van der Waals surface area (Å²) in [6.07, 6.45) is 2.11. The summed E-state index contributed by atoms with van der Waals surface area (Å²) in [7, 11) is 0. The molecule has 0 aromatic carbocycles. The molecule has 0 aliphatic rings. The Labute approximate surface area is 91.8 Å². The van der Waals surface area contributed by atoms with Gasteiger partial charge in [0, 0.05) is 12.4 Å². The number of amides is 1. The van der Waals surface area contributed by atoms with Gasteiger partial charge in [0.25, 0.3) is 0 Å². The molecule has 0 saturated carbocycles. The van der Waals surface area contributed by atoms with E-state index in [9.17, 15) is 4.79 Å². The van der Waals surface area contributed by atoms with Gasteiger partial charge in [-0.15, -0.1) is 0 Å². The van der Waals surface area contributed by atoms with Crippen molar-refractivity contribution in [1.82, 2.24) is 9.97 Å². The summed E-state index contributed by atoms with van der Waals surface area (Å²) < 4.78 is 0. The molecule has 0 radical (unpaired) electrons. The third-order valence-corrected chi connectivity index (χ3v) is 1.96. The van der Waals surface area contributed by atoms with E-state index in [0.29, 0.717) is 17.1 Å². The highest BCUT2D eigenvalue weighted by atomic mass is 16.4. The van der Waals surface area contributed by atoms with Crippen LogP contribution < -0.4 is 5.32 Å². The number of anilines is 1. The van der Waals surface area contributed by atoms with Crippen molar-refractivity contribution in [3.05, 3.63) is 42.7 Å². The van der Waals surface area contributed by atoms with E-state index in [1.165, 1.54) is 0 Å². The standard InChI is InChI=1S/C11H9N3O2/c15-11(16)14-9-5-3-7-13-10(9)8-4-1-2-6-12-8/h1-7,14H,(H,15,16). The molecule has 5 nitrogen and oxygen atoms in total. The van der Waals surface area contributed by atoms with Gasteiger partial charge in [-0.05, 0) is 24.3 Å². The van der Waals surface area contributed by atoms with Crippen molar-refractivity contribution in [2.45, 2.75) is 0 Å². The normalized spacial score (nSPS) is 9.75. The average molecular weight is 215 g/mol. The zero-order chi connectivity index (χ0) is 11.4. The first-order valence-electron chi connectivity index (χ1n) is 4.64. The summed E-state index contributed by atoms with van der Waals surface area (Å²) >= 11 is 0. The van der Waals surface area contributed by atoms with Crippen LogP contribution in [0.3, 0.4) is 0 Å². The smallest absolute Gasteiger partial charge is 0.409 e. The van der Waals surface area contributed by atoms with E-state index in [4.69, 9.17) is 5.11 Å². The van der Waals surface area contributed by atoms with E-state index in [2.05, 4.69) is 15.3 Å². The third-order valence-electron chi connectivity index (χ3n) is 1.96. The van der Waals surface area contributed by atoms with Crippen molar-refractivity contribution < 1.29 is 9.90 Å². The van der Waals surface area contributed by atoms with Gasteiger partial charge in [0.05, 0.1) is 11.4 Å². The molecule has 0 aliphatic carbocycles. The Morgan fingerprint density at radius 3 is 2.62 bits per heavy atom. The molecule has 0 bridgehead atoms. The number of hydrogen-bond acceptors (Lipinski definition) is 3. The minimum absolute atomic E-state index is 0.425. The van der Waals surface area contributed by atoms with E-state index in [1.54, 1.807) is 36.7 Å². The summed E-state index contributed by atoms with van der Waals surface area (Å²) in [5, 5.41) is 11.0. The van der Waals surface area contributed by atoms with Crippen molar-refractivity contribution >= 4 is 11.8 Å². The maximum atomic E-state index is 10.6. The molecule has 0 unspecified atom stereocenters. The molecule has 16 heavy (non-hydrogen) atoms. The van der Waals surface area contributed by atoms with Gasteiger partial charge in [-0.25, -0.2) is 4.79 Å². The molecule has 2 rings (SSSR count). The predicted molar refractivity (Wildman–Crippen MR) is 59.1 cm³/mol. The number of aromatic nitrogens is 2. The van der Waals surface area contributed by atoms with Crippen molar-refractivity contribution in [3.63, 3.8) is 0 Å². The topological polar surface area (TPSA) is 75.1 Å². The number of rotatable bonds is 2. The van der Waals surface area contributed by atoms with Crippen molar-refractivity contribution in [3.8, 4) is 11.4 Å². The summed E-state index contributed by atoms with van der Waals surface area (Å²) in [5.41, 5.74) is 1.58. The molecule has 2 aromatic heterocycles. The minimum Gasteiger partial charge on any atom is -0.465 e. The molecule has 0 fully saturated rings. The van der Waals surface area contributed by atoms with Gasteiger partial charge < -0.3 is 5.11 Å². The molecular weight excluding hydrogens is 206 g/mol. The summed E-state index contributed by atoms with van der Waals surface area (Å²) in [4.78, 5) is 18.8. The minimum atomic E-state index is -1.12. The lowest BCUT2D eigenvalue weighted by atomic mass is 10.2. The number of hydrogen-bond donors (Lipinski definition) is 2. The van der Waals surface area contributed by atoms with Crippen LogP contribution >= 0.6 is 0 Å². The molecule has 80 valence electrons.